The van der Waals surface area contributed by atoms with Crippen molar-refractivity contribution in [2.24, 2.45) is 4.99 Å². The number of ether oxygens (including phenoxy) is 1. The second kappa shape index (κ2) is 6.26. The lowest BCUT2D eigenvalue weighted by Crippen LogP contribution is -2.40. The molecule has 0 aromatic rings. The molecule has 104 valence electrons. The summed E-state index contributed by atoms with van der Waals surface area (Å²) in [6.45, 7) is 5.18. The third kappa shape index (κ3) is 3.00. The molecule has 2 aliphatic rings. The van der Waals surface area contributed by atoms with Crippen molar-refractivity contribution in [1.29, 1.82) is 0 Å². The first-order valence-electron chi connectivity index (χ1n) is 6.94. The van der Waals surface area contributed by atoms with Crippen LogP contribution in [0.3, 0.4) is 0 Å². The van der Waals surface area contributed by atoms with Gasteiger partial charge in [-0.2, -0.15) is 0 Å². The number of aliphatic hydroxyl groups is 1. The van der Waals surface area contributed by atoms with Crippen LogP contribution in [-0.2, 0) is 4.74 Å². The summed E-state index contributed by atoms with van der Waals surface area (Å²) in [4.78, 5) is 6.88. The van der Waals surface area contributed by atoms with Gasteiger partial charge in [0.25, 0.3) is 0 Å². The molecule has 0 spiro atoms. The Hall–Kier alpha value is -0.260. The third-order valence-electron chi connectivity index (χ3n) is 3.68. The molecule has 0 amide bonds. The average Bonchev–Trinajstić information content (AvgIpc) is 2.80. The topological polar surface area (TPSA) is 45.1 Å². The van der Waals surface area contributed by atoms with Crippen LogP contribution in [0.5, 0.6) is 0 Å². The number of thioether (sulfide) groups is 1. The molecule has 1 saturated heterocycles. The van der Waals surface area contributed by atoms with E-state index in [0.29, 0.717) is 0 Å². The number of amidine groups is 1. The molecule has 2 heterocycles. The summed E-state index contributed by atoms with van der Waals surface area (Å²) < 4.78 is 6.02. The summed E-state index contributed by atoms with van der Waals surface area (Å²) in [6.07, 6.45) is 3.47. The van der Waals surface area contributed by atoms with Crippen LogP contribution in [0, 0.1) is 0 Å². The highest BCUT2D eigenvalue weighted by Crippen LogP contribution is 2.37. The lowest BCUT2D eigenvalue weighted by Gasteiger charge is -2.33. The molecule has 0 aromatic carbocycles. The van der Waals surface area contributed by atoms with E-state index in [9.17, 15) is 5.11 Å². The van der Waals surface area contributed by atoms with Crippen LogP contribution in [-0.4, -0.2) is 52.5 Å². The molecule has 0 bridgehead atoms. The van der Waals surface area contributed by atoms with E-state index in [0.717, 1.165) is 37.4 Å². The van der Waals surface area contributed by atoms with Crippen LogP contribution in [0.15, 0.2) is 4.99 Å². The number of hydrogen-bond acceptors (Lipinski definition) is 5. The van der Waals surface area contributed by atoms with Gasteiger partial charge in [-0.25, -0.2) is 0 Å². The summed E-state index contributed by atoms with van der Waals surface area (Å²) in [7, 11) is 2.06. The number of aliphatic imine (C=N–C) groups is 1. The zero-order valence-corrected chi connectivity index (χ0v) is 12.3. The SMILES string of the molecule is CCC[C@H](O)[C@H]1CC[C@H]2N=C(N(C)CC)S[C@H]2O1. The maximum absolute atomic E-state index is 10.0. The van der Waals surface area contributed by atoms with Gasteiger partial charge in [-0.15, -0.1) is 0 Å². The lowest BCUT2D eigenvalue weighted by atomic mass is 9.99. The molecular formula is C13H24N2O2S. The van der Waals surface area contributed by atoms with Crippen molar-refractivity contribution in [3.05, 3.63) is 0 Å². The van der Waals surface area contributed by atoms with Gasteiger partial charge in [-0.1, -0.05) is 25.1 Å². The van der Waals surface area contributed by atoms with E-state index in [1.807, 2.05) is 0 Å². The predicted octanol–water partition coefficient (Wildman–Crippen LogP) is 2.08. The maximum atomic E-state index is 10.0. The van der Waals surface area contributed by atoms with E-state index >= 15 is 0 Å². The normalized spacial score (nSPS) is 32.9. The minimum atomic E-state index is -0.315. The van der Waals surface area contributed by atoms with Crippen molar-refractivity contribution in [2.45, 2.75) is 63.2 Å². The van der Waals surface area contributed by atoms with Gasteiger partial charge in [0.1, 0.15) is 5.44 Å². The van der Waals surface area contributed by atoms with Gasteiger partial charge in [-0.3, -0.25) is 4.99 Å². The Labute approximate surface area is 114 Å². The van der Waals surface area contributed by atoms with E-state index < -0.39 is 0 Å². The van der Waals surface area contributed by atoms with Gasteiger partial charge < -0.3 is 14.7 Å². The first kappa shape index (κ1) is 14.2. The molecule has 1 fully saturated rings. The second-order valence-corrected chi connectivity index (χ2v) is 6.15. The van der Waals surface area contributed by atoms with Gasteiger partial charge in [0.05, 0.1) is 18.2 Å². The van der Waals surface area contributed by atoms with Crippen LogP contribution in [0.2, 0.25) is 0 Å². The minimum Gasteiger partial charge on any atom is -0.390 e. The molecule has 0 aliphatic carbocycles. The zero-order valence-electron chi connectivity index (χ0n) is 11.5. The Kier molecular flexibility index (Phi) is 4.92. The van der Waals surface area contributed by atoms with Crippen molar-refractivity contribution >= 4 is 16.9 Å². The van der Waals surface area contributed by atoms with Crippen molar-refractivity contribution in [2.75, 3.05) is 13.6 Å². The van der Waals surface area contributed by atoms with Gasteiger partial charge in [0.15, 0.2) is 5.17 Å². The molecule has 0 unspecified atom stereocenters. The Balaban J connectivity index is 1.90. The number of aliphatic hydroxyl groups excluding tert-OH is 1. The molecule has 4 nitrogen and oxygen atoms in total. The number of fused-ring (bicyclic) bond motifs is 1. The maximum Gasteiger partial charge on any atom is 0.161 e. The zero-order chi connectivity index (χ0) is 13.1. The fourth-order valence-electron chi connectivity index (χ4n) is 2.40. The fraction of sp³-hybridized carbons (Fsp3) is 0.923. The first-order valence-corrected chi connectivity index (χ1v) is 7.82. The number of rotatable bonds is 4. The molecular weight excluding hydrogens is 248 g/mol. The first-order chi connectivity index (χ1) is 8.65. The molecule has 5 heteroatoms. The molecule has 18 heavy (non-hydrogen) atoms. The highest BCUT2D eigenvalue weighted by Gasteiger charge is 2.39. The molecule has 4 atom stereocenters. The highest BCUT2D eigenvalue weighted by molar-refractivity contribution is 8.14. The van der Waals surface area contributed by atoms with Crippen molar-refractivity contribution in [1.82, 2.24) is 4.90 Å². The quantitative estimate of drug-likeness (QED) is 0.851. The molecule has 0 saturated carbocycles. The van der Waals surface area contributed by atoms with Gasteiger partial charge in [0.2, 0.25) is 0 Å². The summed E-state index contributed by atoms with van der Waals surface area (Å²) >= 11 is 1.71. The van der Waals surface area contributed by atoms with Crippen LogP contribution < -0.4 is 0 Å². The standard InChI is InChI=1S/C13H24N2O2S/c1-4-6-10(16)11-8-7-9-12(17-11)18-13(14-9)15(3)5-2/h9-12,16H,4-8H2,1-3H3/t9-,10+,11-,12-/m1/s1. The highest BCUT2D eigenvalue weighted by atomic mass is 32.2. The van der Waals surface area contributed by atoms with E-state index in [2.05, 4.69) is 25.8 Å². The molecule has 2 rings (SSSR count). The lowest BCUT2D eigenvalue weighted by molar-refractivity contribution is -0.0816. The van der Waals surface area contributed by atoms with Crippen LogP contribution in [0.25, 0.3) is 0 Å². The molecule has 1 N–H and O–H groups in total. The van der Waals surface area contributed by atoms with E-state index in [-0.39, 0.29) is 23.7 Å². The molecule has 0 aromatic heterocycles. The predicted molar refractivity (Wildman–Crippen MR) is 75.9 cm³/mol. The summed E-state index contributed by atoms with van der Waals surface area (Å²) in [5, 5.41) is 11.1. The fourth-order valence-corrected chi connectivity index (χ4v) is 3.66. The second-order valence-electron chi connectivity index (χ2n) is 5.09. The smallest absolute Gasteiger partial charge is 0.161 e. The Morgan fingerprint density at radius 2 is 2.28 bits per heavy atom. The molecule has 2 aliphatic heterocycles. The minimum absolute atomic E-state index is 0.000169. The van der Waals surface area contributed by atoms with Crippen molar-refractivity contribution in [3.63, 3.8) is 0 Å². The summed E-state index contributed by atoms with van der Waals surface area (Å²) in [5.74, 6) is 0. The number of hydrogen-bond donors (Lipinski definition) is 1. The largest absolute Gasteiger partial charge is 0.390 e. The summed E-state index contributed by atoms with van der Waals surface area (Å²) in [5.41, 5.74) is 0.110. The van der Waals surface area contributed by atoms with Crippen LogP contribution >= 0.6 is 11.8 Å². The Morgan fingerprint density at radius 1 is 1.50 bits per heavy atom. The summed E-state index contributed by atoms with van der Waals surface area (Å²) in [6, 6.07) is 0.282. The molecule has 0 radical (unpaired) electrons. The average molecular weight is 272 g/mol. The van der Waals surface area contributed by atoms with Gasteiger partial charge in [0, 0.05) is 13.6 Å². The van der Waals surface area contributed by atoms with Gasteiger partial charge >= 0.3 is 0 Å². The van der Waals surface area contributed by atoms with E-state index in [4.69, 9.17) is 9.73 Å². The van der Waals surface area contributed by atoms with Crippen LogP contribution in [0.1, 0.15) is 39.5 Å². The Morgan fingerprint density at radius 3 is 2.94 bits per heavy atom. The van der Waals surface area contributed by atoms with Crippen molar-refractivity contribution < 1.29 is 9.84 Å². The van der Waals surface area contributed by atoms with E-state index in [1.165, 1.54) is 0 Å². The van der Waals surface area contributed by atoms with E-state index in [1.54, 1.807) is 11.8 Å². The van der Waals surface area contributed by atoms with Crippen molar-refractivity contribution in [3.8, 4) is 0 Å². The van der Waals surface area contributed by atoms with Crippen LogP contribution in [0.4, 0.5) is 0 Å². The monoisotopic (exact) mass is 272 g/mol. The Bertz CT molecular complexity index is 311. The third-order valence-corrected chi connectivity index (χ3v) is 4.97. The number of nitrogens with zero attached hydrogens (tertiary/aromatic N) is 2. The van der Waals surface area contributed by atoms with Gasteiger partial charge in [-0.05, 0) is 26.2 Å².